The van der Waals surface area contributed by atoms with Crippen LogP contribution >= 0.6 is 0 Å². The molecule has 1 aliphatic heterocycles. The molecular weight excluding hydrogens is 192 g/mol. The van der Waals surface area contributed by atoms with Crippen LogP contribution in [-0.4, -0.2) is 41.0 Å². The number of carboxylic acids is 1. The molecule has 5 heteroatoms. The zero-order valence-electron chi connectivity index (χ0n) is 7.70. The van der Waals surface area contributed by atoms with Gasteiger partial charge in [0.25, 0.3) is 6.43 Å². The fourth-order valence-corrected chi connectivity index (χ4v) is 2.84. The topological polar surface area (TPSA) is 40.5 Å². The Morgan fingerprint density at radius 3 is 2.79 bits per heavy atom. The summed E-state index contributed by atoms with van der Waals surface area (Å²) in [6, 6.07) is -0.585. The summed E-state index contributed by atoms with van der Waals surface area (Å²) in [6.07, 6.45) is 0.0999. The van der Waals surface area contributed by atoms with Crippen LogP contribution < -0.4 is 0 Å². The highest BCUT2D eigenvalue weighted by Gasteiger charge is 2.49. The van der Waals surface area contributed by atoms with Gasteiger partial charge in [-0.05, 0) is 25.2 Å². The fourth-order valence-electron chi connectivity index (χ4n) is 2.84. The standard InChI is InChI=1S/C9H13F2NO2/c10-7(11)4-12-6-2-1-5(3-6)8(12)9(13)14/h5-8H,1-4H2,(H,13,14). The van der Waals surface area contributed by atoms with Crippen LogP contribution in [0.5, 0.6) is 0 Å². The highest BCUT2D eigenvalue weighted by Crippen LogP contribution is 2.42. The van der Waals surface area contributed by atoms with Gasteiger partial charge in [0.05, 0.1) is 6.54 Å². The molecule has 0 spiro atoms. The number of halogens is 2. The number of carbonyl (C=O) groups is 1. The number of hydrogen-bond acceptors (Lipinski definition) is 2. The predicted molar refractivity (Wildman–Crippen MR) is 45.3 cm³/mol. The third-order valence-electron chi connectivity index (χ3n) is 3.32. The van der Waals surface area contributed by atoms with Crippen LogP contribution in [0.1, 0.15) is 19.3 Å². The van der Waals surface area contributed by atoms with E-state index < -0.39 is 25.0 Å². The van der Waals surface area contributed by atoms with Crippen molar-refractivity contribution in [3.05, 3.63) is 0 Å². The third kappa shape index (κ3) is 1.49. The molecule has 2 aliphatic rings. The van der Waals surface area contributed by atoms with Crippen LogP contribution in [-0.2, 0) is 4.79 Å². The van der Waals surface area contributed by atoms with Gasteiger partial charge in [-0.2, -0.15) is 0 Å². The summed E-state index contributed by atoms with van der Waals surface area (Å²) in [5, 5.41) is 8.93. The minimum atomic E-state index is -2.43. The number of piperidine rings is 1. The number of rotatable bonds is 3. The summed E-state index contributed by atoms with van der Waals surface area (Å²) in [7, 11) is 0. The van der Waals surface area contributed by atoms with Gasteiger partial charge in [0.2, 0.25) is 0 Å². The number of likely N-dealkylation sites (tertiary alicyclic amines) is 1. The Kier molecular flexibility index (Phi) is 2.43. The first-order valence-electron chi connectivity index (χ1n) is 4.86. The summed E-state index contributed by atoms with van der Waals surface area (Å²) in [5.41, 5.74) is 0. The van der Waals surface area contributed by atoms with E-state index in [0.29, 0.717) is 0 Å². The molecule has 14 heavy (non-hydrogen) atoms. The Labute approximate surface area is 80.7 Å². The maximum Gasteiger partial charge on any atom is 0.321 e. The Morgan fingerprint density at radius 1 is 1.50 bits per heavy atom. The highest BCUT2D eigenvalue weighted by atomic mass is 19.3. The number of hydrogen-bond donors (Lipinski definition) is 1. The first-order valence-corrected chi connectivity index (χ1v) is 4.86. The van der Waals surface area contributed by atoms with E-state index in [1.54, 1.807) is 0 Å². The molecule has 0 radical (unpaired) electrons. The van der Waals surface area contributed by atoms with Crippen LogP contribution in [0.25, 0.3) is 0 Å². The lowest BCUT2D eigenvalue weighted by molar-refractivity contribution is -0.145. The monoisotopic (exact) mass is 205 g/mol. The first kappa shape index (κ1) is 9.83. The smallest absolute Gasteiger partial charge is 0.321 e. The lowest BCUT2D eigenvalue weighted by Crippen LogP contribution is -2.47. The molecule has 3 nitrogen and oxygen atoms in total. The molecule has 2 bridgehead atoms. The number of carboxylic acid groups (broad SMARTS) is 1. The molecule has 0 aromatic rings. The van der Waals surface area contributed by atoms with Crippen molar-refractivity contribution in [1.82, 2.24) is 4.90 Å². The normalized spacial score (nSPS) is 36.9. The van der Waals surface area contributed by atoms with Crippen LogP contribution in [0.2, 0.25) is 0 Å². The lowest BCUT2D eigenvalue weighted by Gasteiger charge is -2.31. The summed E-state index contributed by atoms with van der Waals surface area (Å²) in [5.74, 6) is -0.853. The van der Waals surface area contributed by atoms with Gasteiger partial charge in [0.15, 0.2) is 0 Å². The summed E-state index contributed by atoms with van der Waals surface area (Å²) in [6.45, 7) is -0.391. The van der Waals surface area contributed by atoms with E-state index in [0.717, 1.165) is 19.3 Å². The average Bonchev–Trinajstić information content (AvgIpc) is 2.61. The minimum Gasteiger partial charge on any atom is -0.480 e. The fraction of sp³-hybridized carbons (Fsp3) is 0.889. The van der Waals surface area contributed by atoms with Crippen LogP contribution in [0.3, 0.4) is 0 Å². The van der Waals surface area contributed by atoms with Gasteiger partial charge in [-0.1, -0.05) is 0 Å². The Hall–Kier alpha value is -0.710. The van der Waals surface area contributed by atoms with Crippen LogP contribution in [0.15, 0.2) is 0 Å². The second kappa shape index (κ2) is 3.46. The predicted octanol–water partition coefficient (Wildman–Crippen LogP) is 1.19. The molecule has 0 aromatic carbocycles. The number of nitrogens with zero attached hydrogens (tertiary/aromatic N) is 1. The minimum absolute atomic E-state index is 0.0788. The number of fused-ring (bicyclic) bond motifs is 2. The second-order valence-electron chi connectivity index (χ2n) is 4.10. The molecule has 3 atom stereocenters. The maximum absolute atomic E-state index is 12.2. The lowest BCUT2D eigenvalue weighted by atomic mass is 9.99. The van der Waals surface area contributed by atoms with E-state index in [9.17, 15) is 13.6 Å². The Balaban J connectivity index is 2.09. The molecule has 1 saturated carbocycles. The Bertz CT molecular complexity index is 247. The van der Waals surface area contributed by atoms with Gasteiger partial charge < -0.3 is 5.11 Å². The Morgan fingerprint density at radius 2 is 2.21 bits per heavy atom. The molecule has 3 unspecified atom stereocenters. The number of alkyl halides is 2. The molecule has 0 amide bonds. The zero-order chi connectivity index (χ0) is 10.3. The highest BCUT2D eigenvalue weighted by molar-refractivity contribution is 5.74. The SMILES string of the molecule is O=C(O)C1C2CCC(C2)N1CC(F)F. The van der Waals surface area contributed by atoms with Crippen molar-refractivity contribution in [3.8, 4) is 0 Å². The van der Waals surface area contributed by atoms with Gasteiger partial charge in [0.1, 0.15) is 6.04 Å². The molecular formula is C9H13F2NO2. The molecule has 1 saturated heterocycles. The zero-order valence-corrected chi connectivity index (χ0v) is 7.70. The van der Waals surface area contributed by atoms with Crippen molar-refractivity contribution in [2.75, 3.05) is 6.54 Å². The van der Waals surface area contributed by atoms with E-state index in [1.165, 1.54) is 4.90 Å². The first-order chi connectivity index (χ1) is 6.59. The van der Waals surface area contributed by atoms with E-state index >= 15 is 0 Å². The van der Waals surface area contributed by atoms with Crippen molar-refractivity contribution < 1.29 is 18.7 Å². The molecule has 80 valence electrons. The van der Waals surface area contributed by atoms with Gasteiger partial charge in [-0.25, -0.2) is 8.78 Å². The van der Waals surface area contributed by atoms with E-state index in [4.69, 9.17) is 5.11 Å². The molecule has 0 aromatic heterocycles. The van der Waals surface area contributed by atoms with Crippen molar-refractivity contribution in [3.63, 3.8) is 0 Å². The molecule has 1 heterocycles. The number of aliphatic carboxylic acids is 1. The van der Waals surface area contributed by atoms with E-state index in [2.05, 4.69) is 0 Å². The van der Waals surface area contributed by atoms with Gasteiger partial charge in [-0.3, -0.25) is 9.69 Å². The maximum atomic E-state index is 12.2. The molecule has 1 N–H and O–H groups in total. The third-order valence-corrected chi connectivity index (χ3v) is 3.32. The van der Waals surface area contributed by atoms with E-state index in [1.807, 2.05) is 0 Å². The molecule has 1 aliphatic carbocycles. The van der Waals surface area contributed by atoms with Crippen molar-refractivity contribution in [2.24, 2.45) is 5.92 Å². The molecule has 2 rings (SSSR count). The van der Waals surface area contributed by atoms with Crippen LogP contribution in [0, 0.1) is 5.92 Å². The second-order valence-corrected chi connectivity index (χ2v) is 4.10. The summed E-state index contributed by atoms with van der Waals surface area (Å²) in [4.78, 5) is 12.4. The van der Waals surface area contributed by atoms with E-state index in [-0.39, 0.29) is 12.0 Å². The van der Waals surface area contributed by atoms with Gasteiger partial charge in [-0.15, -0.1) is 0 Å². The van der Waals surface area contributed by atoms with Crippen molar-refractivity contribution in [1.29, 1.82) is 0 Å². The quantitative estimate of drug-likeness (QED) is 0.752. The van der Waals surface area contributed by atoms with Crippen LogP contribution in [0.4, 0.5) is 8.78 Å². The van der Waals surface area contributed by atoms with Crippen molar-refractivity contribution in [2.45, 2.75) is 37.8 Å². The summed E-state index contributed by atoms with van der Waals surface area (Å²) < 4.78 is 24.4. The largest absolute Gasteiger partial charge is 0.480 e. The van der Waals surface area contributed by atoms with Gasteiger partial charge in [0, 0.05) is 6.04 Å². The summed E-state index contributed by atoms with van der Waals surface area (Å²) >= 11 is 0. The molecule has 2 fully saturated rings. The van der Waals surface area contributed by atoms with Crippen molar-refractivity contribution >= 4 is 5.97 Å². The average molecular weight is 205 g/mol. The van der Waals surface area contributed by atoms with Gasteiger partial charge >= 0.3 is 5.97 Å².